The lowest BCUT2D eigenvalue weighted by Gasteiger charge is -2.47. The second-order valence-electron chi connectivity index (χ2n) is 10.5. The molecule has 0 saturated carbocycles. The van der Waals surface area contributed by atoms with Gasteiger partial charge in [-0.25, -0.2) is 4.79 Å². The minimum Gasteiger partial charge on any atom is -0.444 e. The first-order valence-electron chi connectivity index (χ1n) is 11.8. The fourth-order valence-corrected chi connectivity index (χ4v) is 5.14. The Morgan fingerprint density at radius 1 is 0.906 bits per heavy atom. The molecule has 3 heterocycles. The van der Waals surface area contributed by atoms with Crippen LogP contribution in [-0.4, -0.2) is 77.5 Å². The van der Waals surface area contributed by atoms with E-state index in [1.54, 1.807) is 24.3 Å². The molecule has 7 heteroatoms. The number of rotatable bonds is 4. The van der Waals surface area contributed by atoms with E-state index in [9.17, 15) is 14.4 Å². The second kappa shape index (κ2) is 8.85. The Labute approximate surface area is 190 Å². The summed E-state index contributed by atoms with van der Waals surface area (Å²) in [6, 6.07) is 7.06. The number of fused-ring (bicyclic) bond motifs is 1. The third-order valence-electron chi connectivity index (χ3n) is 7.13. The summed E-state index contributed by atoms with van der Waals surface area (Å²) in [5.74, 6) is -0.333. The maximum Gasteiger partial charge on any atom is 0.410 e. The van der Waals surface area contributed by atoms with Crippen molar-refractivity contribution in [1.82, 2.24) is 14.7 Å². The monoisotopic (exact) mass is 441 g/mol. The Morgan fingerprint density at radius 3 is 1.97 bits per heavy atom. The molecule has 1 aromatic carbocycles. The number of nitrogens with zero attached hydrogens (tertiary/aromatic N) is 3. The van der Waals surface area contributed by atoms with Gasteiger partial charge in [-0.1, -0.05) is 12.1 Å². The number of hydrogen-bond donors (Lipinski definition) is 0. The predicted octanol–water partition coefficient (Wildman–Crippen LogP) is 3.79. The van der Waals surface area contributed by atoms with Gasteiger partial charge in [-0.05, 0) is 90.1 Å². The van der Waals surface area contributed by atoms with Crippen molar-refractivity contribution in [3.63, 3.8) is 0 Å². The van der Waals surface area contributed by atoms with Crippen molar-refractivity contribution in [2.45, 2.75) is 58.5 Å². The average molecular weight is 442 g/mol. The number of likely N-dealkylation sites (tertiary alicyclic amines) is 2. The van der Waals surface area contributed by atoms with E-state index in [2.05, 4.69) is 4.90 Å². The van der Waals surface area contributed by atoms with Crippen molar-refractivity contribution >= 4 is 17.9 Å². The van der Waals surface area contributed by atoms with Gasteiger partial charge in [-0.3, -0.25) is 14.5 Å². The van der Waals surface area contributed by atoms with E-state index in [4.69, 9.17) is 4.74 Å². The van der Waals surface area contributed by atoms with Crippen LogP contribution in [-0.2, 0) is 4.74 Å². The molecule has 0 N–H and O–H groups in total. The lowest BCUT2D eigenvalue weighted by molar-refractivity contribution is -0.00249. The van der Waals surface area contributed by atoms with E-state index in [1.807, 2.05) is 25.7 Å². The van der Waals surface area contributed by atoms with Gasteiger partial charge >= 0.3 is 6.09 Å². The largest absolute Gasteiger partial charge is 0.444 e. The van der Waals surface area contributed by atoms with Gasteiger partial charge in [0.1, 0.15) is 5.60 Å². The highest BCUT2D eigenvalue weighted by molar-refractivity contribution is 6.21. The zero-order chi connectivity index (χ0) is 22.9. The van der Waals surface area contributed by atoms with Crippen molar-refractivity contribution in [2.24, 2.45) is 5.41 Å². The molecule has 0 atom stereocenters. The summed E-state index contributed by atoms with van der Waals surface area (Å²) in [6.07, 6.45) is 4.96. The Morgan fingerprint density at radius 2 is 1.44 bits per heavy atom. The van der Waals surface area contributed by atoms with Crippen molar-refractivity contribution in [3.05, 3.63) is 35.4 Å². The van der Waals surface area contributed by atoms with Gasteiger partial charge in [-0.2, -0.15) is 0 Å². The Bertz CT molecular complexity index is 838. The van der Waals surface area contributed by atoms with Crippen LogP contribution >= 0.6 is 0 Å². The molecule has 2 saturated heterocycles. The van der Waals surface area contributed by atoms with Crippen LogP contribution in [0.5, 0.6) is 0 Å². The smallest absolute Gasteiger partial charge is 0.410 e. The highest BCUT2D eigenvalue weighted by Crippen LogP contribution is 2.41. The predicted molar refractivity (Wildman–Crippen MR) is 122 cm³/mol. The molecule has 3 amide bonds. The first-order chi connectivity index (χ1) is 15.2. The summed E-state index contributed by atoms with van der Waals surface area (Å²) in [5, 5.41) is 0. The van der Waals surface area contributed by atoms with Crippen LogP contribution in [0.2, 0.25) is 0 Å². The minimum atomic E-state index is -0.454. The van der Waals surface area contributed by atoms with E-state index in [0.717, 1.165) is 64.8 Å². The summed E-state index contributed by atoms with van der Waals surface area (Å²) < 4.78 is 5.52. The van der Waals surface area contributed by atoms with Crippen LogP contribution in [0, 0.1) is 5.41 Å². The number of carbonyl (C=O) groups is 3. The van der Waals surface area contributed by atoms with Crippen molar-refractivity contribution < 1.29 is 19.1 Å². The van der Waals surface area contributed by atoms with Gasteiger partial charge in [0.15, 0.2) is 0 Å². The summed E-state index contributed by atoms with van der Waals surface area (Å²) in [6.45, 7) is 10.7. The molecule has 1 aromatic rings. The second-order valence-corrected chi connectivity index (χ2v) is 10.5. The number of hydrogen-bond acceptors (Lipinski definition) is 5. The Balaban J connectivity index is 1.19. The minimum absolute atomic E-state index is 0.167. The molecular formula is C25H35N3O4. The SMILES string of the molecule is CC(C)(C)OC(=O)N1CCC2(CCN(CCCN3C(=O)c4ccccc4C3=O)CC2)CC1. The lowest BCUT2D eigenvalue weighted by Crippen LogP contribution is -2.49. The summed E-state index contributed by atoms with van der Waals surface area (Å²) in [7, 11) is 0. The molecule has 0 bridgehead atoms. The molecule has 3 aliphatic rings. The molecule has 0 aliphatic carbocycles. The van der Waals surface area contributed by atoms with E-state index in [1.165, 1.54) is 4.90 Å². The van der Waals surface area contributed by atoms with Crippen molar-refractivity contribution in [2.75, 3.05) is 39.3 Å². The van der Waals surface area contributed by atoms with Crippen molar-refractivity contribution in [3.8, 4) is 0 Å². The molecule has 32 heavy (non-hydrogen) atoms. The molecule has 2 fully saturated rings. The number of carbonyl (C=O) groups excluding carboxylic acids is 3. The third-order valence-corrected chi connectivity index (χ3v) is 7.13. The number of benzene rings is 1. The molecule has 0 aromatic heterocycles. The summed E-state index contributed by atoms with van der Waals surface area (Å²) >= 11 is 0. The maximum absolute atomic E-state index is 12.5. The van der Waals surface area contributed by atoms with E-state index in [-0.39, 0.29) is 17.9 Å². The third kappa shape index (κ3) is 4.82. The topological polar surface area (TPSA) is 70.2 Å². The van der Waals surface area contributed by atoms with Crippen molar-refractivity contribution in [1.29, 1.82) is 0 Å². The molecular weight excluding hydrogens is 406 g/mol. The zero-order valence-electron chi connectivity index (χ0n) is 19.6. The first kappa shape index (κ1) is 22.8. The molecule has 7 nitrogen and oxygen atoms in total. The molecule has 1 spiro atoms. The van der Waals surface area contributed by atoms with Gasteiger partial charge in [0.05, 0.1) is 11.1 Å². The lowest BCUT2D eigenvalue weighted by atomic mass is 9.71. The van der Waals surface area contributed by atoms with Crippen LogP contribution in [0.1, 0.15) is 73.6 Å². The van der Waals surface area contributed by atoms with E-state index in [0.29, 0.717) is 23.1 Å². The fourth-order valence-electron chi connectivity index (χ4n) is 5.14. The zero-order valence-corrected chi connectivity index (χ0v) is 19.6. The summed E-state index contributed by atoms with van der Waals surface area (Å²) in [4.78, 5) is 43.0. The normalized spacial score (nSPS) is 21.2. The highest BCUT2D eigenvalue weighted by Gasteiger charge is 2.39. The quantitative estimate of drug-likeness (QED) is 0.665. The molecule has 174 valence electrons. The van der Waals surface area contributed by atoms with E-state index >= 15 is 0 Å². The average Bonchev–Trinajstić information content (AvgIpc) is 3.00. The van der Waals surface area contributed by atoms with Crippen LogP contribution in [0.25, 0.3) is 0 Å². The standard InChI is InChI=1S/C25H35N3O4/c1-24(2,3)32-23(31)27-17-11-25(12-18-27)9-15-26(16-10-25)13-6-14-28-21(29)19-7-4-5-8-20(19)22(28)30/h4-5,7-8H,6,9-18H2,1-3H3. The highest BCUT2D eigenvalue weighted by atomic mass is 16.6. The number of amides is 3. The van der Waals surface area contributed by atoms with Gasteiger partial charge in [0.2, 0.25) is 0 Å². The van der Waals surface area contributed by atoms with Gasteiger partial charge in [0, 0.05) is 19.6 Å². The Kier molecular flexibility index (Phi) is 6.30. The fraction of sp³-hybridized carbons (Fsp3) is 0.640. The van der Waals surface area contributed by atoms with E-state index < -0.39 is 5.60 Å². The molecule has 3 aliphatic heterocycles. The molecule has 0 unspecified atom stereocenters. The maximum atomic E-state index is 12.5. The number of ether oxygens (including phenoxy) is 1. The molecule has 0 radical (unpaired) electrons. The Hall–Kier alpha value is -2.41. The van der Waals surface area contributed by atoms with Gasteiger partial charge < -0.3 is 14.5 Å². The summed E-state index contributed by atoms with van der Waals surface area (Å²) in [5.41, 5.74) is 0.924. The molecule has 4 rings (SSSR count). The first-order valence-corrected chi connectivity index (χ1v) is 11.8. The van der Waals surface area contributed by atoms with Crippen LogP contribution in [0.15, 0.2) is 24.3 Å². The van der Waals surface area contributed by atoms with Crippen LogP contribution in [0.4, 0.5) is 4.79 Å². The van der Waals surface area contributed by atoms with Gasteiger partial charge in [-0.15, -0.1) is 0 Å². The van der Waals surface area contributed by atoms with Crippen LogP contribution in [0.3, 0.4) is 0 Å². The number of imide groups is 1. The van der Waals surface area contributed by atoms with Crippen LogP contribution < -0.4 is 0 Å². The van der Waals surface area contributed by atoms with Gasteiger partial charge in [0.25, 0.3) is 11.8 Å². The number of piperidine rings is 2.